The van der Waals surface area contributed by atoms with Crippen LogP contribution in [0.4, 0.5) is 0 Å². The minimum absolute atomic E-state index is 0.614. The van der Waals surface area contributed by atoms with Crippen LogP contribution in [0.1, 0.15) is 0 Å². The lowest BCUT2D eigenvalue weighted by molar-refractivity contribution is -0.384. The van der Waals surface area contributed by atoms with Gasteiger partial charge >= 0.3 is 0 Å². The van der Waals surface area contributed by atoms with E-state index in [0.29, 0.717) is 0 Å². The maximum absolute atomic E-state index is 9.30. The summed E-state index contributed by atoms with van der Waals surface area (Å²) in [4.78, 5) is 0. The smallest absolute Gasteiger partial charge is 0.224 e. The van der Waals surface area contributed by atoms with Gasteiger partial charge in [-0.05, 0) is 0 Å². The van der Waals surface area contributed by atoms with E-state index in [4.69, 9.17) is 9.84 Å². The Morgan fingerprint density at radius 2 is 1.86 bits per heavy atom. The van der Waals surface area contributed by atoms with Crippen LogP contribution in [0.15, 0.2) is 0 Å². The van der Waals surface area contributed by atoms with Crippen LogP contribution in [0, 0.1) is 0 Å². The highest BCUT2D eigenvalue weighted by Crippen LogP contribution is 2.27. The van der Waals surface area contributed by atoms with Crippen molar-refractivity contribution in [2.75, 3.05) is 13.7 Å². The molecule has 0 spiro atoms. The van der Waals surface area contributed by atoms with E-state index in [0.717, 1.165) is 0 Å². The maximum Gasteiger partial charge on any atom is 0.224 e. The minimum atomic E-state index is -2.76. The van der Waals surface area contributed by atoms with E-state index < -0.39 is 37.0 Å². The molecule has 5 N–H and O–H groups in total. The topological polar surface area (TPSA) is 120 Å². The number of aliphatic hydroxyl groups excluding tert-OH is 3. The van der Waals surface area contributed by atoms with Gasteiger partial charge in [0.2, 0.25) is 5.79 Å². The molecule has 0 aromatic carbocycles. The lowest BCUT2D eigenvalue weighted by Gasteiger charge is -2.43. The molecular formula is C7H14O7. The number of aliphatic hydroxyl groups is 5. The van der Waals surface area contributed by atoms with Crippen LogP contribution < -0.4 is 0 Å². The van der Waals surface area contributed by atoms with Crippen LogP contribution in [0.2, 0.25) is 0 Å². The molecule has 0 amide bonds. The molecule has 2 unspecified atom stereocenters. The molecule has 1 aliphatic rings. The second-order valence-corrected chi connectivity index (χ2v) is 3.13. The van der Waals surface area contributed by atoms with Crippen molar-refractivity contribution in [2.24, 2.45) is 0 Å². The van der Waals surface area contributed by atoms with Crippen LogP contribution in [0.5, 0.6) is 0 Å². The average molecular weight is 210 g/mol. The molecule has 0 radical (unpaired) electrons. The van der Waals surface area contributed by atoms with Crippen LogP contribution in [0.3, 0.4) is 0 Å². The molecule has 0 aromatic heterocycles. The molecule has 84 valence electrons. The predicted octanol–water partition coefficient (Wildman–Crippen LogP) is -3.25. The van der Waals surface area contributed by atoms with Gasteiger partial charge in [0.1, 0.15) is 12.2 Å². The van der Waals surface area contributed by atoms with Crippen molar-refractivity contribution in [2.45, 2.75) is 30.4 Å². The number of ether oxygens (including phenoxy) is 2. The molecular weight excluding hydrogens is 196 g/mol. The number of hydrogen-bond acceptors (Lipinski definition) is 7. The van der Waals surface area contributed by atoms with Crippen molar-refractivity contribution in [1.82, 2.24) is 0 Å². The Labute approximate surface area is 80.1 Å². The molecule has 4 atom stereocenters. The van der Waals surface area contributed by atoms with Crippen molar-refractivity contribution in [3.63, 3.8) is 0 Å². The van der Waals surface area contributed by atoms with E-state index >= 15 is 0 Å². The fraction of sp³-hybridized carbons (Fsp3) is 1.00. The molecule has 7 heteroatoms. The average Bonchev–Trinajstić information content (AvgIpc) is 2.16. The van der Waals surface area contributed by atoms with E-state index in [1.54, 1.807) is 0 Å². The normalized spacial score (nSPS) is 42.4. The molecule has 0 aliphatic carbocycles. The molecule has 1 fully saturated rings. The first kappa shape index (κ1) is 11.8. The first-order chi connectivity index (χ1) is 6.45. The first-order valence-electron chi connectivity index (χ1n) is 4.05. The zero-order chi connectivity index (χ0) is 10.9. The Hall–Kier alpha value is -0.280. The van der Waals surface area contributed by atoms with Gasteiger partial charge < -0.3 is 35.0 Å². The Morgan fingerprint density at radius 1 is 1.29 bits per heavy atom. The van der Waals surface area contributed by atoms with Crippen molar-refractivity contribution in [3.8, 4) is 0 Å². The quantitative estimate of drug-likeness (QED) is 0.304. The van der Waals surface area contributed by atoms with E-state index in [-0.39, 0.29) is 0 Å². The van der Waals surface area contributed by atoms with Gasteiger partial charge in [-0.15, -0.1) is 0 Å². The van der Waals surface area contributed by atoms with Gasteiger partial charge in [-0.3, -0.25) is 0 Å². The van der Waals surface area contributed by atoms with Crippen LogP contribution in [-0.4, -0.2) is 69.6 Å². The standard InChI is InChI=1S/C7H14O7/c1-13-6-5(10)7(11,12)4(9)3(2-8)14-6/h3-6,8-12H,2H2,1H3/t3?,4-,5?,6+/m1/s1. The second kappa shape index (κ2) is 4.07. The molecule has 14 heavy (non-hydrogen) atoms. The van der Waals surface area contributed by atoms with Gasteiger partial charge in [0.05, 0.1) is 6.61 Å². The van der Waals surface area contributed by atoms with Gasteiger partial charge in [-0.1, -0.05) is 0 Å². The Bertz CT molecular complexity index is 176. The van der Waals surface area contributed by atoms with Crippen LogP contribution in [0.25, 0.3) is 0 Å². The fourth-order valence-corrected chi connectivity index (χ4v) is 1.30. The summed E-state index contributed by atoms with van der Waals surface area (Å²) in [5.74, 6) is -2.76. The maximum atomic E-state index is 9.30. The lowest BCUT2D eigenvalue weighted by Crippen LogP contribution is -2.67. The largest absolute Gasteiger partial charge is 0.394 e. The van der Waals surface area contributed by atoms with E-state index in [1.807, 2.05) is 0 Å². The summed E-state index contributed by atoms with van der Waals surface area (Å²) < 4.78 is 9.46. The van der Waals surface area contributed by atoms with Gasteiger partial charge in [-0.25, -0.2) is 0 Å². The molecule has 0 aromatic rings. The number of methoxy groups -OCH3 is 1. The molecule has 7 nitrogen and oxygen atoms in total. The van der Waals surface area contributed by atoms with E-state index in [1.165, 1.54) is 7.11 Å². The molecule has 1 saturated heterocycles. The Kier molecular flexibility index (Phi) is 3.43. The third-order valence-electron chi connectivity index (χ3n) is 2.20. The van der Waals surface area contributed by atoms with Crippen molar-refractivity contribution in [3.05, 3.63) is 0 Å². The molecule has 1 heterocycles. The summed E-state index contributed by atoms with van der Waals surface area (Å²) in [5.41, 5.74) is 0. The van der Waals surface area contributed by atoms with Crippen LogP contribution >= 0.6 is 0 Å². The van der Waals surface area contributed by atoms with Gasteiger partial charge in [-0.2, -0.15) is 0 Å². The lowest BCUT2D eigenvalue weighted by atomic mass is 9.95. The minimum Gasteiger partial charge on any atom is -0.394 e. The fourth-order valence-electron chi connectivity index (χ4n) is 1.30. The van der Waals surface area contributed by atoms with Crippen LogP contribution in [-0.2, 0) is 9.47 Å². The number of hydrogen-bond donors (Lipinski definition) is 5. The zero-order valence-corrected chi connectivity index (χ0v) is 7.57. The first-order valence-corrected chi connectivity index (χ1v) is 4.05. The third-order valence-corrected chi connectivity index (χ3v) is 2.20. The monoisotopic (exact) mass is 210 g/mol. The molecule has 1 rings (SSSR count). The number of rotatable bonds is 2. The third kappa shape index (κ3) is 1.75. The highest BCUT2D eigenvalue weighted by molar-refractivity contribution is 4.94. The van der Waals surface area contributed by atoms with E-state index in [9.17, 15) is 20.4 Å². The second-order valence-electron chi connectivity index (χ2n) is 3.13. The summed E-state index contributed by atoms with van der Waals surface area (Å²) in [5, 5.41) is 45.9. The van der Waals surface area contributed by atoms with Crippen molar-refractivity contribution >= 4 is 0 Å². The summed E-state index contributed by atoms with van der Waals surface area (Å²) in [6, 6.07) is 0. The zero-order valence-electron chi connectivity index (χ0n) is 7.57. The van der Waals surface area contributed by atoms with Gasteiger partial charge in [0.25, 0.3) is 0 Å². The summed E-state index contributed by atoms with van der Waals surface area (Å²) >= 11 is 0. The molecule has 0 saturated carbocycles. The highest BCUT2D eigenvalue weighted by atomic mass is 16.7. The van der Waals surface area contributed by atoms with Gasteiger partial charge in [0, 0.05) is 7.11 Å². The SMILES string of the molecule is CO[C@H]1OC(CO)[C@@H](O)C(O)(O)C1O. The molecule has 0 bridgehead atoms. The highest BCUT2D eigenvalue weighted by Gasteiger charge is 2.54. The summed E-state index contributed by atoms with van der Waals surface area (Å²) in [6.45, 7) is -0.614. The van der Waals surface area contributed by atoms with Gasteiger partial charge in [0.15, 0.2) is 12.4 Å². The Balaban J connectivity index is 2.84. The summed E-state index contributed by atoms with van der Waals surface area (Å²) in [7, 11) is 1.19. The van der Waals surface area contributed by atoms with E-state index in [2.05, 4.69) is 4.74 Å². The molecule has 1 aliphatic heterocycles. The van der Waals surface area contributed by atoms with Crippen molar-refractivity contribution < 1.29 is 35.0 Å². The predicted molar refractivity (Wildman–Crippen MR) is 41.9 cm³/mol. The van der Waals surface area contributed by atoms with Crippen molar-refractivity contribution in [1.29, 1.82) is 0 Å². The summed E-state index contributed by atoms with van der Waals surface area (Å²) in [6.07, 6.45) is -6.11. The Morgan fingerprint density at radius 3 is 2.29 bits per heavy atom.